The Morgan fingerprint density at radius 3 is 2.76 bits per heavy atom. The van der Waals surface area contributed by atoms with E-state index < -0.39 is 11.2 Å². The first-order valence-electron chi connectivity index (χ1n) is 5.54. The third kappa shape index (κ3) is 2.28. The van der Waals surface area contributed by atoms with E-state index in [9.17, 15) is 9.18 Å². The van der Waals surface area contributed by atoms with Gasteiger partial charge in [0.15, 0.2) is 0 Å². The number of hydrogen-bond donors (Lipinski definition) is 2. The molecule has 0 aromatic heterocycles. The minimum atomic E-state index is -0.519. The summed E-state index contributed by atoms with van der Waals surface area (Å²) in [6.07, 6.45) is 2.51. The van der Waals surface area contributed by atoms with Crippen LogP contribution in [0.25, 0.3) is 0 Å². The van der Waals surface area contributed by atoms with Crippen LogP contribution in [0.2, 0.25) is 5.02 Å². The van der Waals surface area contributed by atoms with E-state index in [0.29, 0.717) is 11.6 Å². The van der Waals surface area contributed by atoms with Crippen molar-refractivity contribution in [3.8, 4) is 0 Å². The van der Waals surface area contributed by atoms with Crippen molar-refractivity contribution in [2.75, 3.05) is 11.9 Å². The molecular weight excluding hydrogens is 243 g/mol. The summed E-state index contributed by atoms with van der Waals surface area (Å²) in [5.41, 5.74) is 5.20. The molecule has 1 fully saturated rings. The zero-order valence-corrected chi connectivity index (χ0v) is 10.1. The molecule has 1 aromatic rings. The van der Waals surface area contributed by atoms with Crippen LogP contribution in [0.1, 0.15) is 19.3 Å². The Morgan fingerprint density at radius 1 is 1.53 bits per heavy atom. The third-order valence-corrected chi connectivity index (χ3v) is 3.59. The molecule has 3 nitrogen and oxygen atoms in total. The van der Waals surface area contributed by atoms with Gasteiger partial charge in [-0.05, 0) is 31.0 Å². The lowest BCUT2D eigenvalue weighted by atomic mass is 9.68. The maximum absolute atomic E-state index is 13.4. The second-order valence-corrected chi connectivity index (χ2v) is 4.85. The normalized spacial score (nSPS) is 17.4. The topological polar surface area (TPSA) is 55.1 Å². The van der Waals surface area contributed by atoms with Crippen molar-refractivity contribution in [1.29, 1.82) is 0 Å². The molecule has 1 saturated carbocycles. The molecule has 1 aliphatic rings. The first-order chi connectivity index (χ1) is 8.07. The number of halogens is 2. The van der Waals surface area contributed by atoms with Crippen molar-refractivity contribution in [2.45, 2.75) is 19.3 Å². The number of hydrogen-bond acceptors (Lipinski definition) is 2. The second kappa shape index (κ2) is 4.63. The zero-order valence-electron chi connectivity index (χ0n) is 9.30. The third-order valence-electron chi connectivity index (χ3n) is 3.36. The monoisotopic (exact) mass is 256 g/mol. The molecule has 0 radical (unpaired) electrons. The van der Waals surface area contributed by atoms with E-state index in [-0.39, 0.29) is 11.6 Å². The van der Waals surface area contributed by atoms with Crippen LogP contribution in [0.4, 0.5) is 10.1 Å². The Balaban J connectivity index is 2.15. The van der Waals surface area contributed by atoms with Gasteiger partial charge in [-0.1, -0.05) is 18.0 Å². The first kappa shape index (κ1) is 12.3. The molecule has 0 atom stereocenters. The Hall–Kier alpha value is -1.13. The van der Waals surface area contributed by atoms with Gasteiger partial charge in [0.05, 0.1) is 11.1 Å². The quantitative estimate of drug-likeness (QED) is 0.873. The number of anilines is 1. The molecule has 5 heteroatoms. The summed E-state index contributed by atoms with van der Waals surface area (Å²) < 4.78 is 13.4. The van der Waals surface area contributed by atoms with Crippen molar-refractivity contribution >= 4 is 23.2 Å². The summed E-state index contributed by atoms with van der Waals surface area (Å²) in [7, 11) is 0. The fraction of sp³-hybridized carbons (Fsp3) is 0.417. The largest absolute Gasteiger partial charge is 0.329 e. The molecule has 0 saturated heterocycles. The average molecular weight is 257 g/mol. The van der Waals surface area contributed by atoms with E-state index in [1.807, 2.05) is 0 Å². The standard InChI is InChI=1S/C12H14ClFN2O/c13-8-2-3-9(14)10(6-8)16-11(17)12(7-15)4-1-5-12/h2-3,6H,1,4-5,7,15H2,(H,16,17). The molecule has 17 heavy (non-hydrogen) atoms. The van der Waals surface area contributed by atoms with Gasteiger partial charge < -0.3 is 11.1 Å². The smallest absolute Gasteiger partial charge is 0.231 e. The molecule has 0 spiro atoms. The van der Waals surface area contributed by atoms with Crippen molar-refractivity contribution < 1.29 is 9.18 Å². The maximum atomic E-state index is 13.4. The molecule has 0 bridgehead atoms. The molecule has 1 aliphatic carbocycles. The van der Waals surface area contributed by atoms with E-state index >= 15 is 0 Å². The van der Waals surface area contributed by atoms with Crippen LogP contribution in [0.3, 0.4) is 0 Å². The molecule has 0 heterocycles. The van der Waals surface area contributed by atoms with Crippen molar-refractivity contribution in [3.05, 3.63) is 29.0 Å². The predicted molar refractivity (Wildman–Crippen MR) is 65.4 cm³/mol. The highest BCUT2D eigenvalue weighted by molar-refractivity contribution is 6.30. The van der Waals surface area contributed by atoms with Gasteiger partial charge in [-0.3, -0.25) is 4.79 Å². The Labute approximate surface area is 104 Å². The number of carbonyl (C=O) groups excluding carboxylic acids is 1. The molecule has 1 aromatic carbocycles. The summed E-state index contributed by atoms with van der Waals surface area (Å²) in [6, 6.07) is 4.07. The Kier molecular flexibility index (Phi) is 3.35. The lowest BCUT2D eigenvalue weighted by Crippen LogP contribution is -2.47. The van der Waals surface area contributed by atoms with Gasteiger partial charge in [0, 0.05) is 11.6 Å². The van der Waals surface area contributed by atoms with Gasteiger partial charge in [-0.25, -0.2) is 4.39 Å². The highest BCUT2D eigenvalue weighted by Gasteiger charge is 2.42. The SMILES string of the molecule is NCC1(C(=O)Nc2cc(Cl)ccc2F)CCC1. The van der Waals surface area contributed by atoms with Crippen molar-refractivity contribution in [3.63, 3.8) is 0 Å². The van der Waals surface area contributed by atoms with E-state index in [4.69, 9.17) is 17.3 Å². The molecule has 3 N–H and O–H groups in total. The molecule has 0 unspecified atom stereocenters. The van der Waals surface area contributed by atoms with E-state index in [0.717, 1.165) is 19.3 Å². The minimum Gasteiger partial charge on any atom is -0.329 e. The van der Waals surface area contributed by atoms with Gasteiger partial charge in [0.25, 0.3) is 0 Å². The molecule has 2 rings (SSSR count). The predicted octanol–water partition coefficient (Wildman–Crippen LogP) is 2.55. The number of amides is 1. The maximum Gasteiger partial charge on any atom is 0.231 e. The zero-order chi connectivity index (χ0) is 12.5. The summed E-state index contributed by atoms with van der Waals surface area (Å²) in [5.74, 6) is -0.707. The number of nitrogens with one attached hydrogen (secondary N) is 1. The molecular formula is C12H14ClFN2O. The highest BCUT2D eigenvalue weighted by Crippen LogP contribution is 2.41. The average Bonchev–Trinajstić information content (AvgIpc) is 2.23. The minimum absolute atomic E-state index is 0.113. The summed E-state index contributed by atoms with van der Waals surface area (Å²) >= 11 is 5.75. The van der Waals surface area contributed by atoms with Crippen LogP contribution in [0.5, 0.6) is 0 Å². The fourth-order valence-corrected chi connectivity index (χ4v) is 2.15. The highest BCUT2D eigenvalue weighted by atomic mass is 35.5. The van der Waals surface area contributed by atoms with Crippen LogP contribution in [-0.4, -0.2) is 12.5 Å². The first-order valence-corrected chi connectivity index (χ1v) is 5.92. The Morgan fingerprint density at radius 2 is 2.24 bits per heavy atom. The van der Waals surface area contributed by atoms with Crippen molar-refractivity contribution in [2.24, 2.45) is 11.1 Å². The van der Waals surface area contributed by atoms with Gasteiger partial charge in [0.2, 0.25) is 5.91 Å². The van der Waals surface area contributed by atoms with Gasteiger partial charge in [-0.15, -0.1) is 0 Å². The summed E-state index contributed by atoms with van der Waals surface area (Å²) in [5, 5.41) is 2.95. The van der Waals surface area contributed by atoms with Gasteiger partial charge >= 0.3 is 0 Å². The van der Waals surface area contributed by atoms with Crippen LogP contribution in [0, 0.1) is 11.2 Å². The summed E-state index contributed by atoms with van der Waals surface area (Å²) in [6.45, 7) is 0.293. The number of nitrogens with two attached hydrogens (primary N) is 1. The lowest BCUT2D eigenvalue weighted by molar-refractivity contribution is -0.129. The van der Waals surface area contributed by atoms with Crippen LogP contribution in [-0.2, 0) is 4.79 Å². The fourth-order valence-electron chi connectivity index (χ4n) is 1.98. The van der Waals surface area contributed by atoms with Crippen molar-refractivity contribution in [1.82, 2.24) is 0 Å². The number of carbonyl (C=O) groups is 1. The second-order valence-electron chi connectivity index (χ2n) is 4.42. The lowest BCUT2D eigenvalue weighted by Gasteiger charge is -2.39. The molecule has 92 valence electrons. The van der Waals surface area contributed by atoms with E-state index in [1.165, 1.54) is 18.2 Å². The Bertz CT molecular complexity index is 441. The molecule has 1 amide bonds. The number of rotatable bonds is 3. The van der Waals surface area contributed by atoms with Gasteiger partial charge in [0.1, 0.15) is 5.82 Å². The van der Waals surface area contributed by atoms with E-state index in [2.05, 4.69) is 5.32 Å². The van der Waals surface area contributed by atoms with Gasteiger partial charge in [-0.2, -0.15) is 0 Å². The van der Waals surface area contributed by atoms with Crippen LogP contribution < -0.4 is 11.1 Å². The van der Waals surface area contributed by atoms with Crippen LogP contribution in [0.15, 0.2) is 18.2 Å². The number of benzene rings is 1. The molecule has 0 aliphatic heterocycles. The van der Waals surface area contributed by atoms with Crippen LogP contribution >= 0.6 is 11.6 Å². The summed E-state index contributed by atoms with van der Waals surface area (Å²) in [4.78, 5) is 12.0. The van der Waals surface area contributed by atoms with E-state index in [1.54, 1.807) is 0 Å².